The first kappa shape index (κ1) is 13.2. The number of nitriles is 1. The van der Waals surface area contributed by atoms with E-state index >= 15 is 0 Å². The Balaban J connectivity index is 2.82. The van der Waals surface area contributed by atoms with Gasteiger partial charge in [-0.25, -0.2) is 0 Å². The lowest BCUT2D eigenvalue weighted by molar-refractivity contribution is -0.128. The number of carbonyl (C=O) groups is 1. The van der Waals surface area contributed by atoms with Gasteiger partial charge in [-0.2, -0.15) is 5.26 Å². The van der Waals surface area contributed by atoms with Gasteiger partial charge in [-0.1, -0.05) is 32.9 Å². The summed E-state index contributed by atoms with van der Waals surface area (Å²) in [6.07, 6.45) is 0.396. The molecule has 90 valence electrons. The van der Waals surface area contributed by atoms with Crippen LogP contribution in [0.2, 0.25) is 0 Å². The predicted molar refractivity (Wildman–Crippen MR) is 65.4 cm³/mol. The zero-order valence-corrected chi connectivity index (χ0v) is 10.4. The first-order valence-corrected chi connectivity index (χ1v) is 5.56. The third-order valence-electron chi connectivity index (χ3n) is 2.59. The van der Waals surface area contributed by atoms with E-state index < -0.39 is 11.3 Å². The summed E-state index contributed by atoms with van der Waals surface area (Å²) in [4.78, 5) is 12.0. The van der Waals surface area contributed by atoms with E-state index in [0.717, 1.165) is 5.56 Å². The molecule has 0 aliphatic rings. The Labute approximate surface area is 102 Å². The van der Waals surface area contributed by atoms with E-state index in [2.05, 4.69) is 6.07 Å². The molecule has 0 bridgehead atoms. The Kier molecular flexibility index (Phi) is 3.90. The molecule has 0 aromatic heterocycles. The van der Waals surface area contributed by atoms with Gasteiger partial charge in [0.2, 0.25) is 0 Å². The highest BCUT2D eigenvalue weighted by Crippen LogP contribution is 2.23. The van der Waals surface area contributed by atoms with E-state index in [1.54, 1.807) is 24.3 Å². The van der Waals surface area contributed by atoms with Gasteiger partial charge in [0, 0.05) is 5.41 Å². The third-order valence-corrected chi connectivity index (χ3v) is 2.59. The summed E-state index contributed by atoms with van der Waals surface area (Å²) >= 11 is 0. The number of nitrogens with zero attached hydrogens (tertiary/aromatic N) is 1. The third kappa shape index (κ3) is 3.60. The fraction of sp³-hybridized carbons (Fsp3) is 0.429. The number of aromatic hydroxyl groups is 1. The van der Waals surface area contributed by atoms with Crippen LogP contribution in [0.5, 0.6) is 5.75 Å². The van der Waals surface area contributed by atoms with Crippen LogP contribution in [0.4, 0.5) is 0 Å². The lowest BCUT2D eigenvalue weighted by atomic mass is 9.81. The largest absolute Gasteiger partial charge is 0.508 e. The van der Waals surface area contributed by atoms with Crippen molar-refractivity contribution >= 4 is 5.78 Å². The van der Waals surface area contributed by atoms with Crippen molar-refractivity contribution in [2.45, 2.75) is 27.2 Å². The van der Waals surface area contributed by atoms with Gasteiger partial charge in [0.25, 0.3) is 0 Å². The van der Waals surface area contributed by atoms with Crippen molar-refractivity contribution in [2.75, 3.05) is 0 Å². The number of benzene rings is 1. The molecule has 17 heavy (non-hydrogen) atoms. The topological polar surface area (TPSA) is 61.1 Å². The molecule has 1 atom stereocenters. The minimum absolute atomic E-state index is 0.0481. The van der Waals surface area contributed by atoms with Gasteiger partial charge in [0.15, 0.2) is 5.78 Å². The second-order valence-corrected chi connectivity index (χ2v) is 5.17. The molecule has 0 radical (unpaired) electrons. The molecule has 0 saturated heterocycles. The van der Waals surface area contributed by atoms with Crippen LogP contribution in [0.1, 0.15) is 26.3 Å². The van der Waals surface area contributed by atoms with Crippen molar-refractivity contribution < 1.29 is 9.90 Å². The first-order valence-electron chi connectivity index (χ1n) is 5.56. The fourth-order valence-corrected chi connectivity index (χ4v) is 1.59. The molecule has 1 rings (SSSR count). The second kappa shape index (κ2) is 5.01. The zero-order chi connectivity index (χ0) is 13.1. The number of Topliss-reactive ketones (excluding diaryl/α,β-unsaturated/α-hetero) is 1. The molecule has 0 spiro atoms. The molecule has 0 aliphatic heterocycles. The Morgan fingerprint density at radius 3 is 2.29 bits per heavy atom. The van der Waals surface area contributed by atoms with E-state index in [1.165, 1.54) is 0 Å². The summed E-state index contributed by atoms with van der Waals surface area (Å²) in [7, 11) is 0. The Hall–Kier alpha value is -1.82. The van der Waals surface area contributed by atoms with Crippen LogP contribution in [-0.4, -0.2) is 10.9 Å². The number of ketones is 1. The van der Waals surface area contributed by atoms with Crippen LogP contribution in [0.25, 0.3) is 0 Å². The molecular formula is C14H17NO2. The highest BCUT2D eigenvalue weighted by Gasteiger charge is 2.29. The maximum absolute atomic E-state index is 12.0. The molecule has 3 nitrogen and oxygen atoms in total. The second-order valence-electron chi connectivity index (χ2n) is 5.17. The van der Waals surface area contributed by atoms with Gasteiger partial charge in [-0.3, -0.25) is 4.79 Å². The first-order chi connectivity index (χ1) is 7.84. The monoisotopic (exact) mass is 231 g/mol. The van der Waals surface area contributed by atoms with E-state index in [4.69, 9.17) is 10.4 Å². The predicted octanol–water partition coefficient (Wildman–Crippen LogP) is 2.69. The van der Waals surface area contributed by atoms with Crippen LogP contribution >= 0.6 is 0 Å². The van der Waals surface area contributed by atoms with Gasteiger partial charge < -0.3 is 5.11 Å². The van der Waals surface area contributed by atoms with Crippen LogP contribution in [0, 0.1) is 22.7 Å². The van der Waals surface area contributed by atoms with Crippen molar-refractivity contribution in [1.29, 1.82) is 5.26 Å². The van der Waals surface area contributed by atoms with Crippen molar-refractivity contribution in [1.82, 2.24) is 0 Å². The number of hydrogen-bond acceptors (Lipinski definition) is 3. The van der Waals surface area contributed by atoms with Crippen molar-refractivity contribution in [3.8, 4) is 11.8 Å². The summed E-state index contributed by atoms with van der Waals surface area (Å²) < 4.78 is 0. The molecular weight excluding hydrogens is 214 g/mol. The Morgan fingerprint density at radius 1 is 1.35 bits per heavy atom. The van der Waals surface area contributed by atoms with Crippen molar-refractivity contribution in [2.24, 2.45) is 11.3 Å². The molecule has 3 heteroatoms. The fourth-order valence-electron chi connectivity index (χ4n) is 1.59. The van der Waals surface area contributed by atoms with E-state index in [9.17, 15) is 4.79 Å². The zero-order valence-electron chi connectivity index (χ0n) is 10.4. The Morgan fingerprint density at radius 2 is 1.88 bits per heavy atom. The molecule has 1 aromatic carbocycles. The van der Waals surface area contributed by atoms with Crippen LogP contribution in [0.15, 0.2) is 24.3 Å². The maximum atomic E-state index is 12.0. The molecule has 0 aliphatic carbocycles. The summed E-state index contributed by atoms with van der Waals surface area (Å²) in [5.74, 6) is -0.489. The number of hydrogen-bond donors (Lipinski definition) is 1. The average Bonchev–Trinajstić information content (AvgIpc) is 2.26. The standard InChI is InChI=1S/C14H17NO2/c1-14(2,3)13(17)11(9-15)8-10-4-6-12(16)7-5-10/h4-7,11,16H,8H2,1-3H3. The summed E-state index contributed by atoms with van der Waals surface area (Å²) in [5.41, 5.74) is 0.379. The minimum atomic E-state index is -0.625. The quantitative estimate of drug-likeness (QED) is 0.870. The smallest absolute Gasteiger partial charge is 0.155 e. The molecule has 0 saturated carbocycles. The number of phenolic OH excluding ortho intramolecular Hbond substituents is 1. The van der Waals surface area contributed by atoms with Gasteiger partial charge in [-0.15, -0.1) is 0 Å². The Bertz CT molecular complexity index is 435. The minimum Gasteiger partial charge on any atom is -0.508 e. The van der Waals surface area contributed by atoms with Gasteiger partial charge in [0.05, 0.1) is 6.07 Å². The average molecular weight is 231 g/mol. The van der Waals surface area contributed by atoms with E-state index in [0.29, 0.717) is 6.42 Å². The molecule has 0 fully saturated rings. The lowest BCUT2D eigenvalue weighted by Crippen LogP contribution is -2.28. The summed E-state index contributed by atoms with van der Waals surface area (Å²) in [6, 6.07) is 8.64. The maximum Gasteiger partial charge on any atom is 0.155 e. The number of rotatable bonds is 3. The van der Waals surface area contributed by atoms with Gasteiger partial charge in [-0.05, 0) is 24.1 Å². The van der Waals surface area contributed by atoms with E-state index in [1.807, 2.05) is 20.8 Å². The highest BCUT2D eigenvalue weighted by atomic mass is 16.3. The van der Waals surface area contributed by atoms with Gasteiger partial charge >= 0.3 is 0 Å². The summed E-state index contributed by atoms with van der Waals surface area (Å²) in [5, 5.41) is 18.2. The van der Waals surface area contributed by atoms with Crippen LogP contribution < -0.4 is 0 Å². The highest BCUT2D eigenvalue weighted by molar-refractivity contribution is 5.88. The SMILES string of the molecule is CC(C)(C)C(=O)C(C#N)Cc1ccc(O)cc1. The molecule has 0 heterocycles. The number of phenols is 1. The van der Waals surface area contributed by atoms with Crippen LogP contribution in [0.3, 0.4) is 0 Å². The lowest BCUT2D eigenvalue weighted by Gasteiger charge is -2.20. The molecule has 1 N–H and O–H groups in total. The van der Waals surface area contributed by atoms with Crippen molar-refractivity contribution in [3.05, 3.63) is 29.8 Å². The normalized spacial score (nSPS) is 12.8. The molecule has 0 amide bonds. The van der Waals surface area contributed by atoms with Gasteiger partial charge in [0.1, 0.15) is 11.7 Å². The number of carbonyl (C=O) groups excluding carboxylic acids is 1. The van der Waals surface area contributed by atoms with Crippen molar-refractivity contribution in [3.63, 3.8) is 0 Å². The molecule has 1 aromatic rings. The molecule has 1 unspecified atom stereocenters. The van der Waals surface area contributed by atoms with Crippen LogP contribution in [-0.2, 0) is 11.2 Å². The summed E-state index contributed by atoms with van der Waals surface area (Å²) in [6.45, 7) is 5.45. The van der Waals surface area contributed by atoms with E-state index in [-0.39, 0.29) is 11.5 Å².